The zero-order chi connectivity index (χ0) is 12.6. The van der Waals surface area contributed by atoms with Crippen LogP contribution in [0.5, 0.6) is 0 Å². The van der Waals surface area contributed by atoms with Gasteiger partial charge in [0.15, 0.2) is 0 Å². The molecule has 0 aromatic heterocycles. The molecule has 1 amide bonds. The molecule has 5 nitrogen and oxygen atoms in total. The topological polar surface area (TPSA) is 78.4 Å². The van der Waals surface area contributed by atoms with Crippen LogP contribution in [0.4, 0.5) is 0 Å². The van der Waals surface area contributed by atoms with Crippen LogP contribution in [0.3, 0.4) is 0 Å². The van der Waals surface area contributed by atoms with Crippen molar-refractivity contribution in [2.75, 3.05) is 6.54 Å². The Balaban J connectivity index is 3.69. The fourth-order valence-corrected chi connectivity index (χ4v) is 1.24. The molecule has 5 heteroatoms. The van der Waals surface area contributed by atoms with E-state index in [1.165, 1.54) is 0 Å². The van der Waals surface area contributed by atoms with Gasteiger partial charge in [-0.25, -0.2) is 4.79 Å². The smallest absolute Gasteiger partial charge is 0.326 e. The predicted octanol–water partition coefficient (Wildman–Crippen LogP) is 0.744. The third-order valence-electron chi connectivity index (χ3n) is 2.17. The maximum absolute atomic E-state index is 11.4. The van der Waals surface area contributed by atoms with E-state index in [4.69, 9.17) is 5.11 Å². The molecular formula is C11H22N2O3. The Labute approximate surface area is 96.6 Å². The van der Waals surface area contributed by atoms with Crippen LogP contribution in [-0.4, -0.2) is 35.6 Å². The maximum atomic E-state index is 11.4. The molecule has 0 aromatic rings. The monoisotopic (exact) mass is 230 g/mol. The Morgan fingerprint density at radius 1 is 1.31 bits per heavy atom. The van der Waals surface area contributed by atoms with E-state index < -0.39 is 12.0 Å². The average molecular weight is 230 g/mol. The summed E-state index contributed by atoms with van der Waals surface area (Å²) < 4.78 is 0. The molecule has 0 heterocycles. The van der Waals surface area contributed by atoms with Crippen LogP contribution in [-0.2, 0) is 9.59 Å². The number of carboxylic acid groups (broad SMARTS) is 1. The van der Waals surface area contributed by atoms with Gasteiger partial charge in [-0.2, -0.15) is 0 Å². The van der Waals surface area contributed by atoms with Gasteiger partial charge in [0.2, 0.25) is 5.91 Å². The number of carboxylic acids is 1. The van der Waals surface area contributed by atoms with Gasteiger partial charge in [0.05, 0.1) is 0 Å². The van der Waals surface area contributed by atoms with Crippen LogP contribution in [0.15, 0.2) is 0 Å². The lowest BCUT2D eigenvalue weighted by Gasteiger charge is -2.12. The Morgan fingerprint density at radius 3 is 2.38 bits per heavy atom. The van der Waals surface area contributed by atoms with Crippen molar-refractivity contribution in [3.05, 3.63) is 0 Å². The first-order valence-corrected chi connectivity index (χ1v) is 5.73. The van der Waals surface area contributed by atoms with Gasteiger partial charge < -0.3 is 15.7 Å². The highest BCUT2D eigenvalue weighted by Gasteiger charge is 2.16. The number of carbonyl (C=O) groups is 2. The Morgan fingerprint density at radius 2 is 1.94 bits per heavy atom. The molecule has 94 valence electrons. The van der Waals surface area contributed by atoms with E-state index >= 15 is 0 Å². The lowest BCUT2D eigenvalue weighted by molar-refractivity contribution is -0.141. The summed E-state index contributed by atoms with van der Waals surface area (Å²) in [5.41, 5.74) is 0. The SMILES string of the molecule is CC[C@H](NC(=O)CCCNC(C)C)C(=O)O. The molecule has 0 fully saturated rings. The van der Waals surface area contributed by atoms with E-state index in [-0.39, 0.29) is 5.91 Å². The molecule has 0 saturated carbocycles. The van der Waals surface area contributed by atoms with Gasteiger partial charge in [0.25, 0.3) is 0 Å². The first-order chi connectivity index (χ1) is 7.47. The second-order valence-corrected chi connectivity index (χ2v) is 4.08. The summed E-state index contributed by atoms with van der Waals surface area (Å²) in [6.45, 7) is 6.59. The molecule has 0 spiro atoms. The van der Waals surface area contributed by atoms with Crippen LogP contribution in [0, 0.1) is 0 Å². The zero-order valence-electron chi connectivity index (χ0n) is 10.2. The minimum atomic E-state index is -0.976. The van der Waals surface area contributed by atoms with Crippen molar-refractivity contribution < 1.29 is 14.7 Å². The molecule has 0 aromatic carbocycles. The number of carbonyl (C=O) groups excluding carboxylic acids is 1. The molecule has 0 saturated heterocycles. The molecule has 0 aliphatic rings. The van der Waals surface area contributed by atoms with Gasteiger partial charge in [0.1, 0.15) is 6.04 Å². The third-order valence-corrected chi connectivity index (χ3v) is 2.17. The largest absolute Gasteiger partial charge is 0.480 e. The number of rotatable bonds is 8. The van der Waals surface area contributed by atoms with E-state index in [9.17, 15) is 9.59 Å². The number of nitrogens with one attached hydrogen (secondary N) is 2. The lowest BCUT2D eigenvalue weighted by atomic mass is 10.2. The standard InChI is InChI=1S/C11H22N2O3/c1-4-9(11(15)16)13-10(14)6-5-7-12-8(2)3/h8-9,12H,4-7H2,1-3H3,(H,13,14)(H,15,16)/t9-/m0/s1. The Hall–Kier alpha value is -1.10. The van der Waals surface area contributed by atoms with Gasteiger partial charge >= 0.3 is 5.97 Å². The molecule has 0 aliphatic heterocycles. The van der Waals surface area contributed by atoms with Crippen LogP contribution in [0.2, 0.25) is 0 Å². The van der Waals surface area contributed by atoms with Crippen molar-refractivity contribution in [2.45, 2.75) is 52.1 Å². The fraction of sp³-hybridized carbons (Fsp3) is 0.818. The first-order valence-electron chi connectivity index (χ1n) is 5.73. The average Bonchev–Trinajstić information content (AvgIpc) is 2.20. The minimum Gasteiger partial charge on any atom is -0.480 e. The normalized spacial score (nSPS) is 12.5. The zero-order valence-corrected chi connectivity index (χ0v) is 10.2. The lowest BCUT2D eigenvalue weighted by Crippen LogP contribution is -2.40. The van der Waals surface area contributed by atoms with E-state index in [2.05, 4.69) is 10.6 Å². The van der Waals surface area contributed by atoms with Gasteiger partial charge in [-0.1, -0.05) is 20.8 Å². The number of aliphatic carboxylic acids is 1. The molecule has 0 rings (SSSR count). The quantitative estimate of drug-likeness (QED) is 0.537. The fourth-order valence-electron chi connectivity index (χ4n) is 1.24. The highest BCUT2D eigenvalue weighted by molar-refractivity contribution is 5.83. The first kappa shape index (κ1) is 14.9. The minimum absolute atomic E-state index is 0.195. The summed E-state index contributed by atoms with van der Waals surface area (Å²) in [6.07, 6.45) is 1.49. The molecule has 16 heavy (non-hydrogen) atoms. The summed E-state index contributed by atoms with van der Waals surface area (Å²) in [6, 6.07) is -0.351. The van der Waals surface area contributed by atoms with Crippen molar-refractivity contribution in [2.24, 2.45) is 0 Å². The van der Waals surface area contributed by atoms with Crippen LogP contribution >= 0.6 is 0 Å². The Kier molecular flexibility index (Phi) is 7.54. The van der Waals surface area contributed by atoms with Gasteiger partial charge in [-0.3, -0.25) is 4.79 Å². The van der Waals surface area contributed by atoms with E-state index in [0.29, 0.717) is 18.9 Å². The van der Waals surface area contributed by atoms with E-state index in [1.54, 1.807) is 6.92 Å². The van der Waals surface area contributed by atoms with Gasteiger partial charge in [0, 0.05) is 12.5 Å². The van der Waals surface area contributed by atoms with Crippen LogP contribution < -0.4 is 10.6 Å². The van der Waals surface area contributed by atoms with Crippen molar-refractivity contribution in [3.8, 4) is 0 Å². The highest BCUT2D eigenvalue weighted by atomic mass is 16.4. The number of hydrogen-bond donors (Lipinski definition) is 3. The summed E-state index contributed by atoms with van der Waals surface area (Å²) in [4.78, 5) is 22.0. The van der Waals surface area contributed by atoms with E-state index in [1.807, 2.05) is 13.8 Å². The molecule has 0 radical (unpaired) electrons. The third kappa shape index (κ3) is 7.23. The number of hydrogen-bond acceptors (Lipinski definition) is 3. The van der Waals surface area contributed by atoms with Crippen molar-refractivity contribution in [3.63, 3.8) is 0 Å². The predicted molar refractivity (Wildman–Crippen MR) is 62.2 cm³/mol. The van der Waals surface area contributed by atoms with Crippen LogP contribution in [0.1, 0.15) is 40.0 Å². The second kappa shape index (κ2) is 8.10. The highest BCUT2D eigenvalue weighted by Crippen LogP contribution is 1.94. The summed E-state index contributed by atoms with van der Waals surface area (Å²) in [5, 5.41) is 14.4. The van der Waals surface area contributed by atoms with Crippen molar-refractivity contribution >= 4 is 11.9 Å². The summed E-state index contributed by atoms with van der Waals surface area (Å²) >= 11 is 0. The molecule has 0 aliphatic carbocycles. The molecule has 0 bridgehead atoms. The second-order valence-electron chi connectivity index (χ2n) is 4.08. The van der Waals surface area contributed by atoms with Gasteiger partial charge in [-0.05, 0) is 19.4 Å². The van der Waals surface area contributed by atoms with Crippen LogP contribution in [0.25, 0.3) is 0 Å². The molecule has 3 N–H and O–H groups in total. The number of amides is 1. The Bertz CT molecular complexity index is 229. The van der Waals surface area contributed by atoms with Crippen molar-refractivity contribution in [1.29, 1.82) is 0 Å². The maximum Gasteiger partial charge on any atom is 0.326 e. The van der Waals surface area contributed by atoms with Crippen molar-refractivity contribution in [1.82, 2.24) is 10.6 Å². The summed E-state index contributed by atoms with van der Waals surface area (Å²) in [7, 11) is 0. The molecular weight excluding hydrogens is 208 g/mol. The van der Waals surface area contributed by atoms with E-state index in [0.717, 1.165) is 13.0 Å². The summed E-state index contributed by atoms with van der Waals surface area (Å²) in [5.74, 6) is -1.17. The molecule has 0 unspecified atom stereocenters. The van der Waals surface area contributed by atoms with Gasteiger partial charge in [-0.15, -0.1) is 0 Å². The molecule has 1 atom stereocenters.